The van der Waals surface area contributed by atoms with Crippen molar-refractivity contribution in [1.29, 1.82) is 0 Å². The van der Waals surface area contributed by atoms with Crippen molar-refractivity contribution in [3.05, 3.63) is 72.9 Å². The normalized spacial score (nSPS) is 15.1. The average molecular weight is 507 g/mol. The van der Waals surface area contributed by atoms with E-state index in [0.717, 1.165) is 19.3 Å². The minimum atomic E-state index is -1.68. The van der Waals surface area contributed by atoms with Gasteiger partial charge < -0.3 is 29.9 Å². The molecule has 9 nitrogen and oxygen atoms in total. The number of allylic oxidation sites excluding steroid dienone is 10. The molecule has 0 aromatic carbocycles. The van der Waals surface area contributed by atoms with Gasteiger partial charge in [-0.15, -0.1) is 0 Å². The van der Waals surface area contributed by atoms with E-state index in [9.17, 15) is 24.6 Å². The van der Waals surface area contributed by atoms with Gasteiger partial charge in [-0.05, 0) is 32.1 Å². The van der Waals surface area contributed by atoms with Crippen LogP contribution in [-0.2, 0) is 23.9 Å². The lowest BCUT2D eigenvalue weighted by molar-refractivity contribution is -0.165. The first-order valence-corrected chi connectivity index (χ1v) is 11.8. The number of carbonyl (C=O) groups is 3. The summed E-state index contributed by atoms with van der Waals surface area (Å²) in [5.41, 5.74) is 0. The molecule has 4 N–H and O–H groups in total. The topological polar surface area (TPSA) is 151 Å². The molecule has 0 rings (SSSR count). The van der Waals surface area contributed by atoms with Crippen molar-refractivity contribution >= 4 is 17.9 Å². The van der Waals surface area contributed by atoms with E-state index < -0.39 is 49.4 Å². The van der Waals surface area contributed by atoms with E-state index in [4.69, 9.17) is 14.9 Å². The molecule has 0 aromatic heterocycles. The lowest BCUT2D eigenvalue weighted by atomic mass is 10.1. The molecule has 0 aliphatic heterocycles. The monoisotopic (exact) mass is 506 g/mol. The van der Waals surface area contributed by atoms with Crippen molar-refractivity contribution in [1.82, 2.24) is 0 Å². The lowest BCUT2D eigenvalue weighted by Crippen LogP contribution is -2.34. The molecule has 0 radical (unpaired) electrons. The second-order valence-electron chi connectivity index (χ2n) is 7.54. The van der Waals surface area contributed by atoms with E-state index in [1.165, 1.54) is 0 Å². The van der Waals surface area contributed by atoms with Gasteiger partial charge in [0.05, 0.1) is 12.7 Å². The van der Waals surface area contributed by atoms with Crippen LogP contribution in [-0.4, -0.2) is 69.9 Å². The molecule has 0 saturated carbocycles. The van der Waals surface area contributed by atoms with Crippen LogP contribution >= 0.6 is 0 Å². The van der Waals surface area contributed by atoms with Crippen molar-refractivity contribution in [2.75, 3.05) is 13.2 Å². The fraction of sp³-hybridized carbons (Fsp3) is 0.444. The summed E-state index contributed by atoms with van der Waals surface area (Å²) in [6.07, 6.45) is 22.0. The van der Waals surface area contributed by atoms with Crippen LogP contribution in [0.25, 0.3) is 0 Å². The van der Waals surface area contributed by atoms with E-state index in [1.807, 2.05) is 55.5 Å². The van der Waals surface area contributed by atoms with Crippen LogP contribution in [0.1, 0.15) is 45.4 Å². The third-order valence-electron chi connectivity index (χ3n) is 4.39. The maximum atomic E-state index is 11.6. The van der Waals surface area contributed by atoms with E-state index in [0.29, 0.717) is 12.8 Å². The van der Waals surface area contributed by atoms with Gasteiger partial charge in [0, 0.05) is 6.42 Å². The molecule has 200 valence electrons. The van der Waals surface area contributed by atoms with Crippen LogP contribution in [0.2, 0.25) is 0 Å². The Hall–Kier alpha value is -3.27. The largest absolute Gasteiger partial charge is 0.481 e. The fourth-order valence-corrected chi connectivity index (χ4v) is 2.56. The number of aliphatic carboxylic acids is 2. The Morgan fingerprint density at radius 3 is 2.14 bits per heavy atom. The zero-order valence-corrected chi connectivity index (χ0v) is 20.6. The van der Waals surface area contributed by atoms with Crippen molar-refractivity contribution in [3.8, 4) is 0 Å². The van der Waals surface area contributed by atoms with E-state index in [1.54, 1.807) is 24.3 Å². The number of esters is 1. The summed E-state index contributed by atoms with van der Waals surface area (Å²) in [5, 5.41) is 37.3. The molecule has 36 heavy (non-hydrogen) atoms. The Bertz CT molecular complexity index is 806. The number of aliphatic hydroxyl groups is 2. The molecule has 0 spiro atoms. The van der Waals surface area contributed by atoms with Gasteiger partial charge in [-0.2, -0.15) is 0 Å². The predicted octanol–water partition coefficient (Wildman–Crippen LogP) is 3.50. The number of hydrogen-bond acceptors (Lipinski definition) is 7. The van der Waals surface area contributed by atoms with Crippen molar-refractivity contribution in [2.24, 2.45) is 0 Å². The van der Waals surface area contributed by atoms with E-state index in [2.05, 4.69) is 4.74 Å². The quantitative estimate of drug-likeness (QED) is 0.110. The molecule has 0 bridgehead atoms. The second-order valence-corrected chi connectivity index (χ2v) is 7.54. The van der Waals surface area contributed by atoms with Gasteiger partial charge in [-0.25, -0.2) is 9.59 Å². The molecule has 0 saturated heterocycles. The summed E-state index contributed by atoms with van der Waals surface area (Å²) in [6, 6.07) is 0. The highest BCUT2D eigenvalue weighted by atomic mass is 16.6. The predicted molar refractivity (Wildman–Crippen MR) is 136 cm³/mol. The van der Waals surface area contributed by atoms with Crippen LogP contribution in [0.5, 0.6) is 0 Å². The number of carboxylic acids is 2. The van der Waals surface area contributed by atoms with Crippen LogP contribution in [0.4, 0.5) is 0 Å². The first kappa shape index (κ1) is 32.7. The third kappa shape index (κ3) is 20.1. The standard InChI is InChI=1S/C27H38O9/c1-2-3-14-17-22(28)24(35-20-23(29)27(34)36-21-26(32)33)18-15-12-10-8-6-4-5-7-9-11-13-16-19-25(30)31/h3,5-8,10-15,18,22-24,28-29H,2,4,9,16-17,19-21H2,1H3,(H,30,31)(H,32,33)/b7-5-,8-6-,12-10+,13-11-,14-3-,18-15+. The zero-order valence-electron chi connectivity index (χ0n) is 20.6. The Morgan fingerprint density at radius 1 is 0.806 bits per heavy atom. The van der Waals surface area contributed by atoms with Crippen LogP contribution in [0, 0.1) is 0 Å². The highest BCUT2D eigenvalue weighted by Gasteiger charge is 2.22. The van der Waals surface area contributed by atoms with Gasteiger partial charge >= 0.3 is 17.9 Å². The SMILES string of the molecule is CC/C=C\CC(O)C(/C=C/C=C/C=C\C/C=C\C/C=C\CCC(=O)O)OCC(O)C(=O)OCC(=O)O. The van der Waals surface area contributed by atoms with Gasteiger partial charge in [0.1, 0.15) is 6.10 Å². The van der Waals surface area contributed by atoms with Gasteiger partial charge in [-0.3, -0.25) is 4.79 Å². The Labute approximate surface area is 212 Å². The number of ether oxygens (including phenoxy) is 2. The van der Waals surface area contributed by atoms with E-state index >= 15 is 0 Å². The van der Waals surface area contributed by atoms with Crippen molar-refractivity contribution < 1.29 is 44.3 Å². The number of carbonyl (C=O) groups excluding carboxylic acids is 1. The third-order valence-corrected chi connectivity index (χ3v) is 4.39. The molecule has 0 aromatic rings. The van der Waals surface area contributed by atoms with Gasteiger partial charge in [0.15, 0.2) is 12.7 Å². The van der Waals surface area contributed by atoms with Crippen LogP contribution < -0.4 is 0 Å². The summed E-state index contributed by atoms with van der Waals surface area (Å²) >= 11 is 0. The maximum Gasteiger partial charge on any atom is 0.341 e. The molecule has 3 atom stereocenters. The highest BCUT2D eigenvalue weighted by Crippen LogP contribution is 2.09. The molecular formula is C27H38O9. The van der Waals surface area contributed by atoms with Crippen molar-refractivity contribution in [3.63, 3.8) is 0 Å². The number of hydrogen-bond donors (Lipinski definition) is 4. The first-order chi connectivity index (χ1) is 17.3. The average Bonchev–Trinajstić information content (AvgIpc) is 2.84. The summed E-state index contributed by atoms with van der Waals surface area (Å²) in [4.78, 5) is 32.5. The Balaban J connectivity index is 4.62. The van der Waals surface area contributed by atoms with Gasteiger partial charge in [0.25, 0.3) is 0 Å². The molecule has 0 amide bonds. The minimum absolute atomic E-state index is 0.136. The second kappa shape index (κ2) is 22.2. The van der Waals surface area contributed by atoms with Crippen LogP contribution in [0.3, 0.4) is 0 Å². The minimum Gasteiger partial charge on any atom is -0.481 e. The molecule has 0 fully saturated rings. The number of rotatable bonds is 20. The van der Waals surface area contributed by atoms with Crippen LogP contribution in [0.15, 0.2) is 72.9 Å². The summed E-state index contributed by atoms with van der Waals surface area (Å²) in [7, 11) is 0. The Kier molecular flexibility index (Phi) is 20.2. The summed E-state index contributed by atoms with van der Waals surface area (Å²) < 4.78 is 9.90. The molecule has 9 heteroatoms. The molecular weight excluding hydrogens is 468 g/mol. The lowest BCUT2D eigenvalue weighted by Gasteiger charge is -2.20. The first-order valence-electron chi connectivity index (χ1n) is 11.8. The molecule has 0 aliphatic rings. The molecule has 0 heterocycles. The Morgan fingerprint density at radius 2 is 1.47 bits per heavy atom. The number of aliphatic hydroxyl groups excluding tert-OH is 2. The number of carboxylic acid groups (broad SMARTS) is 2. The summed E-state index contributed by atoms with van der Waals surface area (Å²) in [6.45, 7) is 0.641. The van der Waals surface area contributed by atoms with Crippen molar-refractivity contribution in [2.45, 2.75) is 63.8 Å². The zero-order chi connectivity index (χ0) is 27.0. The molecule has 0 aliphatic carbocycles. The van der Waals surface area contributed by atoms with E-state index in [-0.39, 0.29) is 6.42 Å². The highest BCUT2D eigenvalue weighted by molar-refractivity contribution is 5.78. The van der Waals surface area contributed by atoms with Gasteiger partial charge in [0.2, 0.25) is 0 Å². The smallest absolute Gasteiger partial charge is 0.341 e. The maximum absolute atomic E-state index is 11.6. The molecule has 3 unspecified atom stereocenters. The van der Waals surface area contributed by atoms with Gasteiger partial charge in [-0.1, -0.05) is 79.8 Å². The summed E-state index contributed by atoms with van der Waals surface area (Å²) in [5.74, 6) is -3.26. The fourth-order valence-electron chi connectivity index (χ4n) is 2.56.